The number of amides is 1. The van der Waals surface area contributed by atoms with Crippen molar-refractivity contribution in [3.8, 4) is 11.4 Å². The monoisotopic (exact) mass is 373 g/mol. The largest absolute Gasteiger partial charge is 0.417 e. The van der Waals surface area contributed by atoms with Gasteiger partial charge in [0.25, 0.3) is 0 Å². The van der Waals surface area contributed by atoms with Crippen LogP contribution in [0.1, 0.15) is 11.1 Å². The van der Waals surface area contributed by atoms with Gasteiger partial charge in [-0.2, -0.15) is 13.2 Å². The highest BCUT2D eigenvalue weighted by atomic mass is 19.4. The van der Waals surface area contributed by atoms with Crippen LogP contribution in [0.2, 0.25) is 0 Å². The molecule has 3 aromatic rings. The van der Waals surface area contributed by atoms with Crippen molar-refractivity contribution in [1.29, 1.82) is 0 Å². The van der Waals surface area contributed by atoms with Crippen LogP contribution in [-0.4, -0.2) is 21.4 Å². The summed E-state index contributed by atoms with van der Waals surface area (Å²) in [5.41, 5.74) is 0.772. The molecule has 0 saturated heterocycles. The molecule has 0 bridgehead atoms. The van der Waals surface area contributed by atoms with Gasteiger partial charge in [0, 0.05) is 36.4 Å². The van der Waals surface area contributed by atoms with Crippen LogP contribution < -0.4 is 10.6 Å². The number of pyridine rings is 1. The van der Waals surface area contributed by atoms with E-state index < -0.39 is 11.7 Å². The van der Waals surface area contributed by atoms with Gasteiger partial charge in [0.2, 0.25) is 6.41 Å². The van der Waals surface area contributed by atoms with E-state index in [1.54, 1.807) is 18.2 Å². The maximum atomic E-state index is 12.8. The van der Waals surface area contributed by atoms with E-state index in [0.717, 1.165) is 17.8 Å². The van der Waals surface area contributed by atoms with E-state index in [4.69, 9.17) is 0 Å². The number of hydrogen-bond acceptors (Lipinski definition) is 5. The average molecular weight is 373 g/mol. The van der Waals surface area contributed by atoms with Crippen LogP contribution in [0.5, 0.6) is 0 Å². The highest BCUT2D eigenvalue weighted by Crippen LogP contribution is 2.30. The normalized spacial score (nSPS) is 11.1. The van der Waals surface area contributed by atoms with Crippen LogP contribution in [0.25, 0.3) is 11.4 Å². The van der Waals surface area contributed by atoms with Crippen LogP contribution in [0.3, 0.4) is 0 Å². The van der Waals surface area contributed by atoms with Gasteiger partial charge in [0.15, 0.2) is 5.82 Å². The molecule has 6 nitrogen and oxygen atoms in total. The van der Waals surface area contributed by atoms with E-state index in [1.807, 2.05) is 12.1 Å². The van der Waals surface area contributed by atoms with Crippen LogP contribution >= 0.6 is 0 Å². The second kappa shape index (κ2) is 7.81. The van der Waals surface area contributed by atoms with Crippen molar-refractivity contribution in [3.05, 3.63) is 66.1 Å². The third kappa shape index (κ3) is 4.57. The summed E-state index contributed by atoms with van der Waals surface area (Å²) in [5, 5.41) is 5.67. The van der Waals surface area contributed by atoms with Gasteiger partial charge in [-0.25, -0.2) is 9.97 Å². The molecule has 2 N–H and O–H groups in total. The van der Waals surface area contributed by atoms with Gasteiger partial charge in [-0.05, 0) is 23.8 Å². The zero-order chi connectivity index (χ0) is 19.3. The Balaban J connectivity index is 1.80. The van der Waals surface area contributed by atoms with Gasteiger partial charge >= 0.3 is 6.18 Å². The summed E-state index contributed by atoms with van der Waals surface area (Å²) in [6.45, 7) is 0.355. The molecule has 0 unspecified atom stereocenters. The fourth-order valence-electron chi connectivity index (χ4n) is 2.38. The summed E-state index contributed by atoms with van der Waals surface area (Å²) in [6.07, 6.45) is -0.433. The zero-order valence-corrected chi connectivity index (χ0v) is 13.9. The average Bonchev–Trinajstić information content (AvgIpc) is 2.67. The molecule has 1 aromatic carbocycles. The van der Waals surface area contributed by atoms with E-state index >= 15 is 0 Å². The van der Waals surface area contributed by atoms with Crippen molar-refractivity contribution in [2.24, 2.45) is 0 Å². The van der Waals surface area contributed by atoms with Crippen LogP contribution in [0.4, 0.5) is 24.7 Å². The van der Waals surface area contributed by atoms with Crippen molar-refractivity contribution >= 4 is 17.9 Å². The quantitative estimate of drug-likeness (QED) is 0.644. The van der Waals surface area contributed by atoms with E-state index in [0.29, 0.717) is 24.5 Å². The summed E-state index contributed by atoms with van der Waals surface area (Å²) in [4.78, 5) is 22.5. The molecule has 9 heteroatoms. The lowest BCUT2D eigenvalue weighted by molar-refractivity contribution is -0.137. The summed E-state index contributed by atoms with van der Waals surface area (Å²) in [5.74, 6) is 0.552. The Kier molecular flexibility index (Phi) is 5.30. The number of para-hydroxylation sites is 1. The van der Waals surface area contributed by atoms with Crippen molar-refractivity contribution in [1.82, 2.24) is 15.0 Å². The molecule has 2 heterocycles. The standard InChI is InChI=1S/C18H14F3N5O/c19-18(20,21)14-7-13(8-22-10-14)17-23-6-5-16(26-17)24-9-12-3-1-2-4-15(12)25-11-27/h1-8,10-11H,9H2,(H,25,27)(H,23,24,26). The Labute approximate surface area is 152 Å². The molecular weight excluding hydrogens is 359 g/mol. The lowest BCUT2D eigenvalue weighted by atomic mass is 10.1. The number of halogens is 3. The van der Waals surface area contributed by atoms with Crippen LogP contribution in [-0.2, 0) is 17.5 Å². The summed E-state index contributed by atoms with van der Waals surface area (Å²) < 4.78 is 38.5. The molecule has 0 spiro atoms. The lowest BCUT2D eigenvalue weighted by Gasteiger charge is -2.11. The number of hydrogen-bond donors (Lipinski definition) is 2. The van der Waals surface area contributed by atoms with Crippen LogP contribution in [0, 0.1) is 0 Å². The molecule has 0 aliphatic carbocycles. The van der Waals surface area contributed by atoms with Gasteiger partial charge in [-0.3, -0.25) is 9.78 Å². The number of aromatic nitrogens is 3. The minimum Gasteiger partial charge on any atom is -0.366 e. The number of nitrogens with one attached hydrogen (secondary N) is 2. The zero-order valence-electron chi connectivity index (χ0n) is 13.9. The van der Waals surface area contributed by atoms with E-state index in [2.05, 4.69) is 25.6 Å². The molecule has 3 rings (SSSR count). The first-order valence-corrected chi connectivity index (χ1v) is 7.85. The van der Waals surface area contributed by atoms with Crippen molar-refractivity contribution in [3.63, 3.8) is 0 Å². The highest BCUT2D eigenvalue weighted by molar-refractivity contribution is 5.73. The van der Waals surface area contributed by atoms with Gasteiger partial charge < -0.3 is 10.6 Å². The summed E-state index contributed by atoms with van der Waals surface area (Å²) >= 11 is 0. The fourth-order valence-corrected chi connectivity index (χ4v) is 2.38. The second-order valence-corrected chi connectivity index (χ2v) is 5.50. The molecule has 0 atom stereocenters. The number of carbonyl (C=O) groups is 1. The van der Waals surface area contributed by atoms with Crippen molar-refractivity contribution in [2.75, 3.05) is 10.6 Å². The van der Waals surface area contributed by atoms with Gasteiger partial charge in [-0.15, -0.1) is 0 Å². The third-order valence-corrected chi connectivity index (χ3v) is 3.67. The molecule has 0 aliphatic rings. The van der Waals surface area contributed by atoms with Crippen LogP contribution in [0.15, 0.2) is 55.0 Å². The molecule has 138 valence electrons. The number of nitrogens with zero attached hydrogens (tertiary/aromatic N) is 3. The maximum absolute atomic E-state index is 12.8. The molecular formula is C18H14F3N5O. The molecule has 0 radical (unpaired) electrons. The first-order chi connectivity index (χ1) is 13.0. The Hall–Kier alpha value is -3.49. The number of anilines is 2. The third-order valence-electron chi connectivity index (χ3n) is 3.67. The van der Waals surface area contributed by atoms with Crippen molar-refractivity contribution in [2.45, 2.75) is 12.7 Å². The minimum absolute atomic E-state index is 0.123. The van der Waals surface area contributed by atoms with Crippen molar-refractivity contribution < 1.29 is 18.0 Å². The molecule has 0 aliphatic heterocycles. The van der Waals surface area contributed by atoms with E-state index in [-0.39, 0.29) is 11.4 Å². The predicted molar refractivity (Wildman–Crippen MR) is 93.7 cm³/mol. The minimum atomic E-state index is -4.49. The smallest absolute Gasteiger partial charge is 0.366 e. The predicted octanol–water partition coefficient (Wildman–Crippen LogP) is 3.74. The molecule has 27 heavy (non-hydrogen) atoms. The van der Waals surface area contributed by atoms with E-state index in [9.17, 15) is 18.0 Å². The van der Waals surface area contributed by atoms with Gasteiger partial charge in [-0.1, -0.05) is 18.2 Å². The summed E-state index contributed by atoms with van der Waals surface area (Å²) in [6, 6.07) is 9.75. The molecule has 2 aromatic heterocycles. The Morgan fingerprint density at radius 2 is 1.93 bits per heavy atom. The number of rotatable bonds is 6. The molecule has 0 saturated carbocycles. The second-order valence-electron chi connectivity index (χ2n) is 5.50. The SMILES string of the molecule is O=CNc1ccccc1CNc1ccnc(-c2cncc(C(F)(F)F)c2)n1. The first-order valence-electron chi connectivity index (χ1n) is 7.85. The van der Waals surface area contributed by atoms with E-state index in [1.165, 1.54) is 12.4 Å². The maximum Gasteiger partial charge on any atom is 0.417 e. The Morgan fingerprint density at radius 1 is 1.11 bits per heavy atom. The number of alkyl halides is 3. The number of carbonyl (C=O) groups excluding carboxylic acids is 1. The Morgan fingerprint density at radius 3 is 2.70 bits per heavy atom. The van der Waals surface area contributed by atoms with Gasteiger partial charge in [0.1, 0.15) is 5.82 Å². The summed E-state index contributed by atoms with van der Waals surface area (Å²) in [7, 11) is 0. The Bertz CT molecular complexity index is 946. The lowest BCUT2D eigenvalue weighted by Crippen LogP contribution is -2.07. The first kappa shape index (κ1) is 18.3. The highest BCUT2D eigenvalue weighted by Gasteiger charge is 2.31. The fraction of sp³-hybridized carbons (Fsp3) is 0.111. The topological polar surface area (TPSA) is 79.8 Å². The van der Waals surface area contributed by atoms with Gasteiger partial charge in [0.05, 0.1) is 5.56 Å². The molecule has 0 fully saturated rings. The number of benzene rings is 1. The molecule has 1 amide bonds.